The van der Waals surface area contributed by atoms with E-state index in [-0.39, 0.29) is 19.1 Å². The third kappa shape index (κ3) is 5.35. The average Bonchev–Trinajstić information content (AvgIpc) is 3.12. The molecular formula is C26H28F3N3O3. The number of anilines is 1. The van der Waals surface area contributed by atoms with Crippen molar-refractivity contribution in [2.24, 2.45) is 0 Å². The van der Waals surface area contributed by atoms with Crippen LogP contribution in [-0.2, 0) is 16.1 Å². The molecule has 3 aromatic rings. The molecule has 0 atom stereocenters. The van der Waals surface area contributed by atoms with Gasteiger partial charge in [-0.25, -0.2) is 13.2 Å². The van der Waals surface area contributed by atoms with Crippen LogP contribution in [-0.4, -0.2) is 41.4 Å². The Hall–Kier alpha value is -3.33. The van der Waals surface area contributed by atoms with Crippen LogP contribution in [0.1, 0.15) is 31.0 Å². The number of alkyl halides is 2. The summed E-state index contributed by atoms with van der Waals surface area (Å²) in [5.41, 5.74) is 4.09. The summed E-state index contributed by atoms with van der Waals surface area (Å²) in [4.78, 5) is 11.9. The summed E-state index contributed by atoms with van der Waals surface area (Å²) in [5, 5.41) is 7.28. The molecule has 2 heterocycles. The van der Waals surface area contributed by atoms with Crippen molar-refractivity contribution in [1.29, 1.82) is 0 Å². The lowest BCUT2D eigenvalue weighted by molar-refractivity contribution is -0.118. The Bertz CT molecular complexity index is 1220. The summed E-state index contributed by atoms with van der Waals surface area (Å²) in [6.07, 6.45) is 1.56. The van der Waals surface area contributed by atoms with Gasteiger partial charge in [-0.15, -0.1) is 0 Å². The second-order valence-corrected chi connectivity index (χ2v) is 8.68. The molecule has 0 bridgehead atoms. The largest absolute Gasteiger partial charge is 0.482 e. The lowest BCUT2D eigenvalue weighted by Gasteiger charge is -2.22. The topological polar surface area (TPSA) is 65.4 Å². The number of rotatable bonds is 9. The highest BCUT2D eigenvalue weighted by Crippen LogP contribution is 2.42. The van der Waals surface area contributed by atoms with Gasteiger partial charge in [0, 0.05) is 17.7 Å². The van der Waals surface area contributed by atoms with Crippen LogP contribution in [0.5, 0.6) is 5.75 Å². The van der Waals surface area contributed by atoms with E-state index in [4.69, 9.17) is 9.47 Å². The first-order valence-corrected chi connectivity index (χ1v) is 11.6. The van der Waals surface area contributed by atoms with Crippen LogP contribution in [0.15, 0.2) is 36.4 Å². The number of carbonyl (C=O) groups is 1. The fraction of sp³-hybridized carbons (Fsp3) is 0.385. The molecule has 0 fully saturated rings. The molecule has 4 rings (SSSR count). The van der Waals surface area contributed by atoms with E-state index in [0.717, 1.165) is 12.0 Å². The van der Waals surface area contributed by atoms with Gasteiger partial charge in [-0.2, -0.15) is 5.10 Å². The number of unbranched alkanes of at least 4 members (excludes halogenated alkanes) is 1. The van der Waals surface area contributed by atoms with E-state index in [9.17, 15) is 18.0 Å². The molecule has 0 aliphatic carbocycles. The summed E-state index contributed by atoms with van der Waals surface area (Å²) in [5.74, 6) is -3.33. The summed E-state index contributed by atoms with van der Waals surface area (Å²) in [6.45, 7) is 4.31. The minimum atomic E-state index is -3.16. The van der Waals surface area contributed by atoms with E-state index in [0.29, 0.717) is 45.9 Å². The Kier molecular flexibility index (Phi) is 7.16. The number of benzene rings is 2. The van der Waals surface area contributed by atoms with Crippen molar-refractivity contribution in [3.05, 3.63) is 53.5 Å². The summed E-state index contributed by atoms with van der Waals surface area (Å²) in [6, 6.07) is 9.20. The monoisotopic (exact) mass is 487 g/mol. The number of nitrogens with zero attached hydrogens (tertiary/aromatic N) is 2. The molecule has 1 aliphatic rings. The van der Waals surface area contributed by atoms with Gasteiger partial charge < -0.3 is 14.8 Å². The maximum Gasteiger partial charge on any atom is 0.290 e. The summed E-state index contributed by atoms with van der Waals surface area (Å²) in [7, 11) is 0. The number of hydrogen-bond donors (Lipinski definition) is 1. The van der Waals surface area contributed by atoms with Crippen LogP contribution in [0.2, 0.25) is 0 Å². The maximum atomic E-state index is 14.9. The van der Waals surface area contributed by atoms with E-state index in [2.05, 4.69) is 10.4 Å². The van der Waals surface area contributed by atoms with Gasteiger partial charge in [0.15, 0.2) is 6.61 Å². The Morgan fingerprint density at radius 2 is 1.91 bits per heavy atom. The van der Waals surface area contributed by atoms with Crippen LogP contribution in [0.25, 0.3) is 22.4 Å². The van der Waals surface area contributed by atoms with Gasteiger partial charge >= 0.3 is 0 Å². The Morgan fingerprint density at radius 1 is 1.17 bits per heavy atom. The van der Waals surface area contributed by atoms with E-state index in [1.807, 2.05) is 19.9 Å². The number of halogens is 3. The maximum absolute atomic E-state index is 14.9. The van der Waals surface area contributed by atoms with Crippen molar-refractivity contribution in [1.82, 2.24) is 9.78 Å². The third-order valence-electron chi connectivity index (χ3n) is 5.90. The van der Waals surface area contributed by atoms with Gasteiger partial charge in [-0.3, -0.25) is 9.48 Å². The predicted octanol–water partition coefficient (Wildman–Crippen LogP) is 5.76. The SMILES string of the molecule is CCCCOCC(F)(F)Cn1nc(C)c(-c2ccc3c(c2C)NC(=O)CO3)c1-c1ccc(F)cc1. The number of carbonyl (C=O) groups excluding carboxylic acids is 1. The number of hydrogen-bond acceptors (Lipinski definition) is 4. The molecular weight excluding hydrogens is 459 g/mol. The van der Waals surface area contributed by atoms with E-state index in [1.165, 1.54) is 16.8 Å². The molecule has 6 nitrogen and oxygen atoms in total. The van der Waals surface area contributed by atoms with Crippen molar-refractivity contribution in [3.63, 3.8) is 0 Å². The van der Waals surface area contributed by atoms with Crippen molar-refractivity contribution >= 4 is 11.6 Å². The second-order valence-electron chi connectivity index (χ2n) is 8.68. The number of nitrogens with one attached hydrogen (secondary N) is 1. The number of fused-ring (bicyclic) bond motifs is 1. The smallest absolute Gasteiger partial charge is 0.290 e. The normalized spacial score (nSPS) is 13.4. The van der Waals surface area contributed by atoms with Gasteiger partial charge in [0.05, 0.1) is 17.1 Å². The molecule has 0 unspecified atom stereocenters. The van der Waals surface area contributed by atoms with E-state index < -0.39 is 24.9 Å². The summed E-state index contributed by atoms with van der Waals surface area (Å²) < 4.78 is 55.4. The van der Waals surface area contributed by atoms with Gasteiger partial charge in [-0.05, 0) is 61.7 Å². The highest BCUT2D eigenvalue weighted by Gasteiger charge is 2.33. The van der Waals surface area contributed by atoms with Crippen LogP contribution in [0.4, 0.5) is 18.9 Å². The molecule has 0 spiro atoms. The fourth-order valence-corrected chi connectivity index (χ4v) is 4.20. The van der Waals surface area contributed by atoms with Gasteiger partial charge in [0.1, 0.15) is 24.7 Å². The molecule has 35 heavy (non-hydrogen) atoms. The standard InChI is InChI=1S/C26H28F3N3O3/c1-4-5-12-34-15-26(28,29)14-32-25(18-6-8-19(27)9-7-18)23(17(3)31-32)20-10-11-21-24(16(20)2)30-22(33)13-35-21/h6-11H,4-5,12-15H2,1-3H3,(H,30,33). The Morgan fingerprint density at radius 3 is 2.63 bits per heavy atom. The number of ether oxygens (including phenoxy) is 2. The highest BCUT2D eigenvalue weighted by molar-refractivity contribution is 5.98. The number of aryl methyl sites for hydroxylation is 1. The minimum Gasteiger partial charge on any atom is -0.482 e. The second kappa shape index (κ2) is 10.1. The van der Waals surface area contributed by atoms with Crippen LogP contribution >= 0.6 is 0 Å². The van der Waals surface area contributed by atoms with Gasteiger partial charge in [0.25, 0.3) is 11.8 Å². The van der Waals surface area contributed by atoms with Crippen molar-refractivity contribution in [3.8, 4) is 28.1 Å². The number of amides is 1. The molecule has 1 aromatic heterocycles. The molecule has 0 radical (unpaired) electrons. The quantitative estimate of drug-likeness (QED) is 0.390. The van der Waals surface area contributed by atoms with E-state index >= 15 is 0 Å². The van der Waals surface area contributed by atoms with Crippen LogP contribution in [0.3, 0.4) is 0 Å². The Balaban J connectivity index is 1.80. The van der Waals surface area contributed by atoms with E-state index in [1.54, 1.807) is 25.1 Å². The molecule has 2 aromatic carbocycles. The predicted molar refractivity (Wildman–Crippen MR) is 127 cm³/mol. The van der Waals surface area contributed by atoms with Crippen LogP contribution < -0.4 is 10.1 Å². The first kappa shape index (κ1) is 24.8. The molecule has 1 amide bonds. The van der Waals surface area contributed by atoms with Crippen molar-refractivity contribution in [2.75, 3.05) is 25.1 Å². The average molecular weight is 488 g/mol. The Labute approximate surface area is 202 Å². The zero-order valence-corrected chi connectivity index (χ0v) is 20.0. The number of aromatic nitrogens is 2. The van der Waals surface area contributed by atoms with Crippen LogP contribution in [0, 0.1) is 19.7 Å². The zero-order chi connectivity index (χ0) is 25.2. The molecule has 0 saturated heterocycles. The van der Waals surface area contributed by atoms with Crippen molar-refractivity contribution < 1.29 is 27.4 Å². The van der Waals surface area contributed by atoms with Crippen molar-refractivity contribution in [2.45, 2.75) is 46.1 Å². The highest BCUT2D eigenvalue weighted by atomic mass is 19.3. The first-order valence-electron chi connectivity index (χ1n) is 11.6. The van der Waals surface area contributed by atoms with Gasteiger partial charge in [0.2, 0.25) is 0 Å². The van der Waals surface area contributed by atoms with Gasteiger partial charge in [-0.1, -0.05) is 19.4 Å². The molecule has 186 valence electrons. The zero-order valence-electron chi connectivity index (χ0n) is 20.0. The first-order chi connectivity index (χ1) is 16.7. The fourth-order valence-electron chi connectivity index (χ4n) is 4.20. The minimum absolute atomic E-state index is 0.0705. The lowest BCUT2D eigenvalue weighted by atomic mass is 9.94. The molecule has 0 saturated carbocycles. The molecule has 1 N–H and O–H groups in total. The molecule has 1 aliphatic heterocycles. The summed E-state index contributed by atoms with van der Waals surface area (Å²) >= 11 is 0. The third-order valence-corrected chi connectivity index (χ3v) is 5.90. The lowest BCUT2D eigenvalue weighted by Crippen LogP contribution is -2.30. The molecule has 9 heteroatoms.